The highest BCUT2D eigenvalue weighted by Crippen LogP contribution is 2.21. The van der Waals surface area contributed by atoms with E-state index in [1.807, 2.05) is 7.05 Å². The molecule has 0 saturated carbocycles. The Morgan fingerprint density at radius 1 is 1.33 bits per heavy atom. The molecule has 0 fully saturated rings. The van der Waals surface area contributed by atoms with Crippen LogP contribution >= 0.6 is 11.6 Å². The van der Waals surface area contributed by atoms with Gasteiger partial charge in [0.05, 0.1) is 0 Å². The SMILES string of the molecule is CNCCCCc1cc(F)c(C)cc1Cl. The van der Waals surface area contributed by atoms with Crippen molar-refractivity contribution < 1.29 is 4.39 Å². The molecule has 15 heavy (non-hydrogen) atoms. The number of hydrogen-bond acceptors (Lipinski definition) is 1. The fraction of sp³-hybridized carbons (Fsp3) is 0.500. The molecule has 0 atom stereocenters. The molecule has 0 aliphatic heterocycles. The van der Waals surface area contributed by atoms with Crippen molar-refractivity contribution in [3.63, 3.8) is 0 Å². The van der Waals surface area contributed by atoms with Crippen LogP contribution in [0.4, 0.5) is 4.39 Å². The second-order valence-corrected chi connectivity index (χ2v) is 4.16. The summed E-state index contributed by atoms with van der Waals surface area (Å²) in [6.07, 6.45) is 2.96. The topological polar surface area (TPSA) is 12.0 Å². The number of rotatable bonds is 5. The lowest BCUT2D eigenvalue weighted by Gasteiger charge is -2.06. The van der Waals surface area contributed by atoms with Crippen LogP contribution in [0.1, 0.15) is 24.0 Å². The van der Waals surface area contributed by atoms with Crippen LogP contribution in [0.2, 0.25) is 5.02 Å². The van der Waals surface area contributed by atoms with E-state index in [0.29, 0.717) is 10.6 Å². The lowest BCUT2D eigenvalue weighted by atomic mass is 10.1. The van der Waals surface area contributed by atoms with Gasteiger partial charge in [0.15, 0.2) is 0 Å². The average Bonchev–Trinajstić information content (AvgIpc) is 2.20. The third-order valence-corrected chi connectivity index (χ3v) is 2.80. The molecule has 0 radical (unpaired) electrons. The molecule has 1 aromatic carbocycles. The van der Waals surface area contributed by atoms with Crippen molar-refractivity contribution in [3.8, 4) is 0 Å². The molecule has 1 N–H and O–H groups in total. The maximum atomic E-state index is 13.3. The smallest absolute Gasteiger partial charge is 0.126 e. The molecule has 0 spiro atoms. The standard InChI is InChI=1S/C12H17ClFN/c1-9-7-11(13)10(8-12(9)14)5-3-4-6-15-2/h7-8,15H,3-6H2,1-2H3. The number of nitrogens with one attached hydrogen (secondary N) is 1. The lowest BCUT2D eigenvalue weighted by Crippen LogP contribution is -2.07. The van der Waals surface area contributed by atoms with E-state index in [2.05, 4.69) is 5.32 Å². The summed E-state index contributed by atoms with van der Waals surface area (Å²) in [7, 11) is 1.93. The Balaban J connectivity index is 2.57. The van der Waals surface area contributed by atoms with Crippen molar-refractivity contribution in [2.75, 3.05) is 13.6 Å². The molecule has 1 rings (SSSR count). The minimum Gasteiger partial charge on any atom is -0.320 e. The van der Waals surface area contributed by atoms with Gasteiger partial charge in [-0.1, -0.05) is 11.6 Å². The third kappa shape index (κ3) is 3.80. The van der Waals surface area contributed by atoms with Gasteiger partial charge in [0.2, 0.25) is 0 Å². The van der Waals surface area contributed by atoms with Crippen molar-refractivity contribution in [1.29, 1.82) is 0 Å². The molecule has 0 unspecified atom stereocenters. The molecule has 0 aliphatic carbocycles. The van der Waals surface area contributed by atoms with Gasteiger partial charge in [-0.3, -0.25) is 0 Å². The van der Waals surface area contributed by atoms with Crippen LogP contribution < -0.4 is 5.32 Å². The minimum atomic E-state index is -0.164. The monoisotopic (exact) mass is 229 g/mol. The Labute approximate surface area is 95.6 Å². The molecule has 0 heterocycles. The predicted octanol–water partition coefficient (Wildman–Crippen LogP) is 3.33. The Hall–Kier alpha value is -0.600. The number of halogens is 2. The molecule has 0 aromatic heterocycles. The van der Waals surface area contributed by atoms with E-state index in [1.165, 1.54) is 0 Å². The normalized spacial score (nSPS) is 10.7. The van der Waals surface area contributed by atoms with Gasteiger partial charge >= 0.3 is 0 Å². The Kier molecular flexibility index (Phi) is 5.06. The summed E-state index contributed by atoms with van der Waals surface area (Å²) < 4.78 is 13.3. The van der Waals surface area contributed by atoms with Gasteiger partial charge in [-0.15, -0.1) is 0 Å². The molecule has 3 heteroatoms. The first-order valence-corrected chi connectivity index (χ1v) is 5.62. The maximum absolute atomic E-state index is 13.3. The minimum absolute atomic E-state index is 0.164. The molecular formula is C12H17ClFN. The van der Waals surface area contributed by atoms with Crippen molar-refractivity contribution in [3.05, 3.63) is 34.1 Å². The second-order valence-electron chi connectivity index (χ2n) is 3.75. The van der Waals surface area contributed by atoms with Gasteiger partial charge in [-0.2, -0.15) is 0 Å². The van der Waals surface area contributed by atoms with Crippen molar-refractivity contribution in [1.82, 2.24) is 5.32 Å². The summed E-state index contributed by atoms with van der Waals surface area (Å²) in [6, 6.07) is 3.25. The number of unbranched alkanes of at least 4 members (excludes halogenated alkanes) is 1. The maximum Gasteiger partial charge on any atom is 0.126 e. The van der Waals surface area contributed by atoms with Gasteiger partial charge in [-0.25, -0.2) is 4.39 Å². The Bertz CT molecular complexity index is 326. The molecular weight excluding hydrogens is 213 g/mol. The molecule has 0 aliphatic rings. The Morgan fingerprint density at radius 2 is 2.07 bits per heavy atom. The van der Waals surface area contributed by atoms with E-state index in [-0.39, 0.29) is 5.82 Å². The van der Waals surface area contributed by atoms with E-state index in [1.54, 1.807) is 19.1 Å². The van der Waals surface area contributed by atoms with Crippen molar-refractivity contribution in [2.24, 2.45) is 0 Å². The van der Waals surface area contributed by atoms with Gasteiger partial charge in [0.25, 0.3) is 0 Å². The second kappa shape index (κ2) is 6.09. The van der Waals surface area contributed by atoms with Crippen LogP contribution in [-0.4, -0.2) is 13.6 Å². The summed E-state index contributed by atoms with van der Waals surface area (Å²) in [5.41, 5.74) is 1.52. The summed E-state index contributed by atoms with van der Waals surface area (Å²) in [4.78, 5) is 0. The summed E-state index contributed by atoms with van der Waals surface area (Å²) in [5, 5.41) is 3.76. The average molecular weight is 230 g/mol. The van der Waals surface area contributed by atoms with Crippen LogP contribution in [0, 0.1) is 12.7 Å². The molecule has 1 aromatic rings. The van der Waals surface area contributed by atoms with Crippen molar-refractivity contribution >= 4 is 11.6 Å². The zero-order valence-electron chi connectivity index (χ0n) is 9.24. The van der Waals surface area contributed by atoms with Gasteiger partial charge in [0.1, 0.15) is 5.82 Å². The highest BCUT2D eigenvalue weighted by atomic mass is 35.5. The number of benzene rings is 1. The van der Waals surface area contributed by atoms with E-state index in [0.717, 1.165) is 31.4 Å². The van der Waals surface area contributed by atoms with E-state index >= 15 is 0 Å². The number of aryl methyl sites for hydroxylation is 2. The fourth-order valence-electron chi connectivity index (χ4n) is 1.50. The van der Waals surface area contributed by atoms with Crippen LogP contribution in [0.3, 0.4) is 0 Å². The van der Waals surface area contributed by atoms with E-state index < -0.39 is 0 Å². The third-order valence-electron chi connectivity index (χ3n) is 2.45. The highest BCUT2D eigenvalue weighted by Gasteiger charge is 2.05. The zero-order valence-corrected chi connectivity index (χ0v) is 9.99. The van der Waals surface area contributed by atoms with Crippen LogP contribution in [-0.2, 0) is 6.42 Å². The number of hydrogen-bond donors (Lipinski definition) is 1. The first-order chi connectivity index (χ1) is 7.15. The molecule has 1 nitrogen and oxygen atoms in total. The molecule has 84 valence electrons. The van der Waals surface area contributed by atoms with Gasteiger partial charge < -0.3 is 5.32 Å². The summed E-state index contributed by atoms with van der Waals surface area (Å²) in [6.45, 7) is 2.72. The zero-order chi connectivity index (χ0) is 11.3. The highest BCUT2D eigenvalue weighted by molar-refractivity contribution is 6.31. The van der Waals surface area contributed by atoms with Gasteiger partial charge in [0, 0.05) is 5.02 Å². The predicted molar refractivity (Wildman–Crippen MR) is 63.0 cm³/mol. The van der Waals surface area contributed by atoms with Crippen LogP contribution in [0.25, 0.3) is 0 Å². The van der Waals surface area contributed by atoms with Gasteiger partial charge in [-0.05, 0) is 63.0 Å². The largest absolute Gasteiger partial charge is 0.320 e. The van der Waals surface area contributed by atoms with Crippen LogP contribution in [0.15, 0.2) is 12.1 Å². The van der Waals surface area contributed by atoms with E-state index in [9.17, 15) is 4.39 Å². The first kappa shape index (κ1) is 12.5. The lowest BCUT2D eigenvalue weighted by molar-refractivity contribution is 0.613. The fourth-order valence-corrected chi connectivity index (χ4v) is 1.81. The first-order valence-electron chi connectivity index (χ1n) is 5.24. The summed E-state index contributed by atoms with van der Waals surface area (Å²) in [5.74, 6) is -0.164. The molecule has 0 bridgehead atoms. The van der Waals surface area contributed by atoms with Crippen molar-refractivity contribution in [2.45, 2.75) is 26.2 Å². The molecule has 0 amide bonds. The molecule has 0 saturated heterocycles. The van der Waals surface area contributed by atoms with E-state index in [4.69, 9.17) is 11.6 Å². The Morgan fingerprint density at radius 3 is 2.73 bits per heavy atom. The van der Waals surface area contributed by atoms with Crippen LogP contribution in [0.5, 0.6) is 0 Å². The summed E-state index contributed by atoms with van der Waals surface area (Å²) >= 11 is 6.03. The quantitative estimate of drug-likeness (QED) is 0.764.